The number of hydrogen-bond acceptors (Lipinski definition) is 4. The molecule has 3 aromatic carbocycles. The van der Waals surface area contributed by atoms with E-state index >= 15 is 0 Å². The molecule has 0 atom stereocenters. The third-order valence-electron chi connectivity index (χ3n) is 5.29. The standard InChI is InChI=1S/C30H16N2O6/c1-5-17-9-11-19(7-3)25(13-17)31-27(33)21-15-24(30(37)38)22(16-23(21)29(35)36)28(34)32-26-14-18(6-2)10-12-20(26)8-4/h1-4,9-16H,(H,31,33)(H,32,34)(H,35,36)(H,37,38). The predicted octanol–water partition coefficient (Wildman–Crippen LogP) is 3.51. The lowest BCUT2D eigenvalue weighted by atomic mass is 9.96. The number of hydrogen-bond donors (Lipinski definition) is 4. The monoisotopic (exact) mass is 500 g/mol. The first-order valence-electron chi connectivity index (χ1n) is 10.5. The predicted molar refractivity (Wildman–Crippen MR) is 141 cm³/mol. The zero-order valence-electron chi connectivity index (χ0n) is 19.5. The number of amides is 2. The molecule has 0 aliphatic heterocycles. The van der Waals surface area contributed by atoms with E-state index in [-0.39, 0.29) is 22.5 Å². The Bertz CT molecular complexity index is 1580. The van der Waals surface area contributed by atoms with Crippen LogP contribution >= 0.6 is 0 Å². The number of anilines is 2. The van der Waals surface area contributed by atoms with Crippen molar-refractivity contribution < 1.29 is 29.4 Å². The maximum atomic E-state index is 13.1. The molecular formula is C30H16N2O6. The molecule has 0 saturated heterocycles. The van der Waals surface area contributed by atoms with Gasteiger partial charge in [0.2, 0.25) is 0 Å². The summed E-state index contributed by atoms with van der Waals surface area (Å²) < 4.78 is 0. The van der Waals surface area contributed by atoms with Gasteiger partial charge in [-0.25, -0.2) is 9.59 Å². The summed E-state index contributed by atoms with van der Waals surface area (Å²) in [5.41, 5.74) is -0.836. The van der Waals surface area contributed by atoms with E-state index in [4.69, 9.17) is 25.7 Å². The molecule has 0 heterocycles. The molecule has 182 valence electrons. The van der Waals surface area contributed by atoms with Gasteiger partial charge < -0.3 is 20.8 Å². The molecule has 0 aromatic heterocycles. The van der Waals surface area contributed by atoms with Gasteiger partial charge in [-0.1, -0.05) is 23.7 Å². The average Bonchev–Trinajstić information content (AvgIpc) is 2.91. The van der Waals surface area contributed by atoms with E-state index in [1.165, 1.54) is 24.3 Å². The Hall–Kier alpha value is -6.22. The van der Waals surface area contributed by atoms with Crippen LogP contribution in [0.2, 0.25) is 0 Å². The highest BCUT2D eigenvalue weighted by molar-refractivity contribution is 6.17. The molecule has 0 aliphatic rings. The summed E-state index contributed by atoms with van der Waals surface area (Å²) in [5.74, 6) is 4.34. The van der Waals surface area contributed by atoms with Gasteiger partial charge in [-0.05, 0) is 48.5 Å². The van der Waals surface area contributed by atoms with E-state index < -0.39 is 46.0 Å². The van der Waals surface area contributed by atoms with Crippen LogP contribution in [0.3, 0.4) is 0 Å². The lowest BCUT2D eigenvalue weighted by Gasteiger charge is -2.14. The number of carboxylic acids is 2. The van der Waals surface area contributed by atoms with E-state index in [1.807, 2.05) is 0 Å². The highest BCUT2D eigenvalue weighted by Gasteiger charge is 2.26. The Morgan fingerprint density at radius 3 is 1.21 bits per heavy atom. The van der Waals surface area contributed by atoms with Crippen molar-refractivity contribution >= 4 is 35.1 Å². The van der Waals surface area contributed by atoms with E-state index in [9.17, 15) is 29.4 Å². The Morgan fingerprint density at radius 2 is 0.921 bits per heavy atom. The molecule has 38 heavy (non-hydrogen) atoms. The average molecular weight is 500 g/mol. The van der Waals surface area contributed by atoms with Crippen molar-refractivity contribution in [3.05, 3.63) is 93.0 Å². The van der Waals surface area contributed by atoms with Crippen LogP contribution in [0.1, 0.15) is 63.7 Å². The number of terminal acetylenes is 4. The van der Waals surface area contributed by atoms with Crippen molar-refractivity contribution in [2.45, 2.75) is 0 Å². The van der Waals surface area contributed by atoms with Crippen LogP contribution < -0.4 is 10.6 Å². The maximum absolute atomic E-state index is 13.1. The van der Waals surface area contributed by atoms with E-state index in [0.717, 1.165) is 12.1 Å². The first-order valence-corrected chi connectivity index (χ1v) is 10.5. The second-order valence-electron chi connectivity index (χ2n) is 7.56. The third-order valence-corrected chi connectivity index (χ3v) is 5.29. The second-order valence-corrected chi connectivity index (χ2v) is 7.56. The maximum Gasteiger partial charge on any atom is 0.336 e. The van der Waals surface area contributed by atoms with Crippen molar-refractivity contribution in [3.8, 4) is 49.4 Å². The van der Waals surface area contributed by atoms with Crippen molar-refractivity contribution in [3.63, 3.8) is 0 Å². The summed E-state index contributed by atoms with van der Waals surface area (Å²) in [5, 5.41) is 24.5. The SMILES string of the molecule is C#Cc1ccc(C#C)c(NC(=O)c2cc(C(=O)O)c(C(=O)Nc3cc(C#C)ccc3C#C)cc2C(=O)O)c1. The van der Waals surface area contributed by atoms with Crippen molar-refractivity contribution in [2.75, 3.05) is 10.6 Å². The number of carbonyl (C=O) groups excluding carboxylic acids is 2. The molecule has 3 aromatic rings. The quantitative estimate of drug-likeness (QED) is 0.383. The van der Waals surface area contributed by atoms with Gasteiger partial charge in [0, 0.05) is 22.3 Å². The van der Waals surface area contributed by atoms with Crippen LogP contribution in [-0.2, 0) is 0 Å². The highest BCUT2D eigenvalue weighted by atomic mass is 16.4. The van der Waals surface area contributed by atoms with Gasteiger partial charge in [0.25, 0.3) is 11.8 Å². The number of carboxylic acid groups (broad SMARTS) is 2. The minimum atomic E-state index is -1.59. The van der Waals surface area contributed by atoms with Crippen LogP contribution in [0, 0.1) is 49.4 Å². The molecule has 0 aliphatic carbocycles. The van der Waals surface area contributed by atoms with Crippen molar-refractivity contribution in [1.82, 2.24) is 0 Å². The molecule has 8 nitrogen and oxygen atoms in total. The van der Waals surface area contributed by atoms with E-state index in [1.54, 1.807) is 12.1 Å². The van der Waals surface area contributed by atoms with Crippen LogP contribution in [-0.4, -0.2) is 34.0 Å². The van der Waals surface area contributed by atoms with Gasteiger partial charge in [-0.3, -0.25) is 9.59 Å². The van der Waals surface area contributed by atoms with Gasteiger partial charge in [0.05, 0.1) is 33.6 Å². The van der Waals surface area contributed by atoms with Crippen molar-refractivity contribution in [1.29, 1.82) is 0 Å². The Kier molecular flexibility index (Phi) is 7.65. The lowest BCUT2D eigenvalue weighted by molar-refractivity contribution is 0.0677. The van der Waals surface area contributed by atoms with Crippen LogP contribution in [0.4, 0.5) is 11.4 Å². The molecule has 3 rings (SSSR count). The Morgan fingerprint density at radius 1 is 0.553 bits per heavy atom. The molecule has 4 N–H and O–H groups in total. The molecule has 2 amide bonds. The third kappa shape index (κ3) is 5.37. The summed E-state index contributed by atoms with van der Waals surface area (Å²) in [6.45, 7) is 0. The largest absolute Gasteiger partial charge is 0.478 e. The molecule has 0 radical (unpaired) electrons. The highest BCUT2D eigenvalue weighted by Crippen LogP contribution is 2.24. The van der Waals surface area contributed by atoms with Gasteiger partial charge >= 0.3 is 11.9 Å². The molecular weight excluding hydrogens is 484 g/mol. The van der Waals surface area contributed by atoms with E-state index in [0.29, 0.717) is 11.1 Å². The molecule has 0 spiro atoms. The molecule has 0 unspecified atom stereocenters. The second kappa shape index (κ2) is 11.0. The van der Waals surface area contributed by atoms with Gasteiger partial charge in [-0.2, -0.15) is 0 Å². The van der Waals surface area contributed by atoms with Crippen LogP contribution in [0.15, 0.2) is 48.5 Å². The number of nitrogens with one attached hydrogen (secondary N) is 2. The van der Waals surface area contributed by atoms with Gasteiger partial charge in [0.1, 0.15) is 0 Å². The van der Waals surface area contributed by atoms with Crippen molar-refractivity contribution in [2.24, 2.45) is 0 Å². The summed E-state index contributed by atoms with van der Waals surface area (Å²) in [7, 11) is 0. The van der Waals surface area contributed by atoms with Gasteiger partial charge in [0.15, 0.2) is 0 Å². The molecule has 8 heteroatoms. The van der Waals surface area contributed by atoms with Crippen LogP contribution in [0.5, 0.6) is 0 Å². The summed E-state index contributed by atoms with van der Waals surface area (Å²) in [4.78, 5) is 50.2. The molecule has 0 saturated carbocycles. The van der Waals surface area contributed by atoms with E-state index in [2.05, 4.69) is 34.3 Å². The minimum absolute atomic E-state index is 0.109. The molecule has 0 bridgehead atoms. The number of carbonyl (C=O) groups is 4. The Labute approximate surface area is 217 Å². The summed E-state index contributed by atoms with van der Waals surface area (Å²) in [6.07, 6.45) is 21.7. The zero-order valence-corrected chi connectivity index (χ0v) is 19.5. The normalized spacial score (nSPS) is 9.58. The first-order chi connectivity index (χ1) is 18.1. The number of rotatable bonds is 6. The topological polar surface area (TPSA) is 133 Å². The number of aromatic carboxylic acids is 2. The summed E-state index contributed by atoms with van der Waals surface area (Å²) >= 11 is 0. The zero-order chi connectivity index (χ0) is 28.0. The summed E-state index contributed by atoms with van der Waals surface area (Å²) in [6, 6.07) is 10.5. The Balaban J connectivity index is 2.11. The first kappa shape index (κ1) is 26.4. The fraction of sp³-hybridized carbons (Fsp3) is 0. The fourth-order valence-corrected chi connectivity index (χ4v) is 3.44. The van der Waals surface area contributed by atoms with Gasteiger partial charge in [-0.15, -0.1) is 25.7 Å². The fourth-order valence-electron chi connectivity index (χ4n) is 3.44. The lowest BCUT2D eigenvalue weighted by Crippen LogP contribution is -2.22. The molecule has 0 fully saturated rings. The minimum Gasteiger partial charge on any atom is -0.478 e. The number of benzene rings is 3. The smallest absolute Gasteiger partial charge is 0.336 e. The van der Waals surface area contributed by atoms with Crippen LogP contribution in [0.25, 0.3) is 0 Å².